The predicted octanol–water partition coefficient (Wildman–Crippen LogP) is 2.60. The molecular weight excluding hydrogens is 274 g/mol. The Morgan fingerprint density at radius 3 is 2.09 bits per heavy atom. The number of rotatable bonds is 3. The van der Waals surface area contributed by atoms with Crippen LogP contribution in [0.25, 0.3) is 0 Å². The number of hydrogen-bond acceptors (Lipinski definition) is 3. The van der Waals surface area contributed by atoms with Gasteiger partial charge in [-0.15, -0.1) is 0 Å². The van der Waals surface area contributed by atoms with Crippen LogP contribution in [0.5, 0.6) is 0 Å². The lowest BCUT2D eigenvalue weighted by molar-refractivity contribution is -0.136. The summed E-state index contributed by atoms with van der Waals surface area (Å²) in [5, 5.41) is 9.73. The van der Waals surface area contributed by atoms with Gasteiger partial charge in [0.1, 0.15) is 6.04 Å². The molecule has 4 nitrogen and oxygen atoms in total. The second-order valence-electron chi connectivity index (χ2n) is 5.60. The van der Waals surface area contributed by atoms with Crippen molar-refractivity contribution in [1.82, 2.24) is 4.90 Å². The average Bonchev–Trinajstić information content (AvgIpc) is 2.55. The average molecular weight is 291 g/mol. The Morgan fingerprint density at radius 1 is 1.05 bits per heavy atom. The molecule has 2 aromatic rings. The molecule has 0 unspecified atom stereocenters. The minimum absolute atomic E-state index is 0.181. The highest BCUT2D eigenvalue weighted by Gasteiger charge is 2.64. The van der Waals surface area contributed by atoms with E-state index >= 15 is 0 Å². The molecule has 1 aliphatic rings. The molecule has 1 heterocycles. The fourth-order valence-electron chi connectivity index (χ4n) is 3.06. The number of carbonyl (C=O) groups excluding carboxylic acids is 1. The fourth-order valence-corrected chi connectivity index (χ4v) is 3.06. The molecular formula is C18H17N3O. The van der Waals surface area contributed by atoms with Gasteiger partial charge in [0.2, 0.25) is 5.54 Å². The number of likely N-dealkylation sites (N-methyl/N-ethyl adjacent to an activating group) is 1. The van der Waals surface area contributed by atoms with Crippen LogP contribution < -0.4 is 4.90 Å². The lowest BCUT2D eigenvalue weighted by atomic mass is 9.74. The third-order valence-corrected chi connectivity index (χ3v) is 4.22. The quantitative estimate of drug-likeness (QED) is 0.817. The molecule has 3 rings (SSSR count). The van der Waals surface area contributed by atoms with Gasteiger partial charge in [0.05, 0.1) is 6.07 Å². The van der Waals surface area contributed by atoms with Gasteiger partial charge in [0, 0.05) is 5.69 Å². The van der Waals surface area contributed by atoms with Gasteiger partial charge in [-0.1, -0.05) is 48.5 Å². The fraction of sp³-hybridized carbons (Fsp3) is 0.222. The largest absolute Gasteiger partial charge is 0.299 e. The van der Waals surface area contributed by atoms with E-state index in [1.165, 1.54) is 0 Å². The van der Waals surface area contributed by atoms with Crippen molar-refractivity contribution < 1.29 is 4.79 Å². The Labute approximate surface area is 130 Å². The first-order valence-electron chi connectivity index (χ1n) is 7.15. The molecule has 1 aliphatic heterocycles. The summed E-state index contributed by atoms with van der Waals surface area (Å²) in [7, 11) is 3.55. The molecule has 0 radical (unpaired) electrons. The molecule has 2 atom stereocenters. The lowest BCUT2D eigenvalue weighted by Gasteiger charge is -2.55. The van der Waals surface area contributed by atoms with Crippen molar-refractivity contribution in [3.63, 3.8) is 0 Å². The molecule has 0 aliphatic carbocycles. The molecule has 0 saturated carbocycles. The van der Waals surface area contributed by atoms with Crippen LogP contribution in [0.3, 0.4) is 0 Å². The minimum Gasteiger partial charge on any atom is -0.299 e. The molecule has 0 aromatic heterocycles. The van der Waals surface area contributed by atoms with Crippen LogP contribution in [0.1, 0.15) is 11.6 Å². The Balaban J connectivity index is 2.13. The van der Waals surface area contributed by atoms with Crippen LogP contribution in [0, 0.1) is 11.3 Å². The summed E-state index contributed by atoms with van der Waals surface area (Å²) < 4.78 is 0. The summed E-state index contributed by atoms with van der Waals surface area (Å²) in [5.41, 5.74) is 0.618. The number of nitrogens with zero attached hydrogens (tertiary/aromatic N) is 3. The van der Waals surface area contributed by atoms with Gasteiger partial charge in [0.15, 0.2) is 0 Å². The van der Waals surface area contributed by atoms with E-state index in [9.17, 15) is 10.1 Å². The Kier molecular flexibility index (Phi) is 3.44. The third-order valence-electron chi connectivity index (χ3n) is 4.22. The maximum atomic E-state index is 12.8. The number of carbonyl (C=O) groups is 1. The maximum absolute atomic E-state index is 12.8. The molecule has 0 spiro atoms. The van der Waals surface area contributed by atoms with Crippen LogP contribution in [0.4, 0.5) is 5.69 Å². The van der Waals surface area contributed by atoms with Crippen molar-refractivity contribution in [3.05, 3.63) is 66.2 Å². The van der Waals surface area contributed by atoms with Crippen molar-refractivity contribution in [2.75, 3.05) is 19.0 Å². The molecule has 110 valence electrons. The zero-order valence-corrected chi connectivity index (χ0v) is 12.6. The molecule has 4 heteroatoms. The lowest BCUT2D eigenvalue weighted by Crippen LogP contribution is -2.73. The van der Waals surface area contributed by atoms with Gasteiger partial charge >= 0.3 is 0 Å². The predicted molar refractivity (Wildman–Crippen MR) is 85.1 cm³/mol. The molecule has 0 N–H and O–H groups in total. The van der Waals surface area contributed by atoms with E-state index in [1.807, 2.05) is 60.7 Å². The van der Waals surface area contributed by atoms with E-state index in [2.05, 4.69) is 6.07 Å². The van der Waals surface area contributed by atoms with E-state index in [-0.39, 0.29) is 11.9 Å². The van der Waals surface area contributed by atoms with E-state index in [0.29, 0.717) is 0 Å². The topological polar surface area (TPSA) is 47.3 Å². The van der Waals surface area contributed by atoms with Crippen LogP contribution in [-0.4, -0.2) is 30.4 Å². The van der Waals surface area contributed by atoms with Crippen LogP contribution >= 0.6 is 0 Å². The second kappa shape index (κ2) is 5.28. The number of hydrogen-bond donors (Lipinski definition) is 0. The smallest absolute Gasteiger partial charge is 0.265 e. The SMILES string of the molecule is CN(C)[C@@]1(C#N)C(=O)N(c2ccccc2)[C@@H]1c1ccccc1. The first kappa shape index (κ1) is 14.3. The van der Waals surface area contributed by atoms with Crippen molar-refractivity contribution in [1.29, 1.82) is 5.26 Å². The van der Waals surface area contributed by atoms with E-state index in [4.69, 9.17) is 0 Å². The standard InChI is InChI=1S/C18H17N3O/c1-20(2)18(13-19)16(14-9-5-3-6-10-14)21(17(18)22)15-11-7-4-8-12-15/h3-12,16H,1-2H3/t16-,18-/m1/s1. The Bertz CT molecular complexity index is 721. The van der Waals surface area contributed by atoms with Crippen molar-refractivity contribution in [3.8, 4) is 6.07 Å². The normalized spacial score (nSPS) is 24.0. The van der Waals surface area contributed by atoms with E-state index in [1.54, 1.807) is 23.9 Å². The van der Waals surface area contributed by atoms with Crippen molar-refractivity contribution in [2.24, 2.45) is 0 Å². The maximum Gasteiger partial charge on any atom is 0.265 e. The van der Waals surface area contributed by atoms with Crippen molar-refractivity contribution >= 4 is 11.6 Å². The third kappa shape index (κ3) is 1.83. The molecule has 2 aromatic carbocycles. The first-order chi connectivity index (χ1) is 10.6. The molecule has 0 bridgehead atoms. The van der Waals surface area contributed by atoms with Gasteiger partial charge in [-0.2, -0.15) is 5.26 Å². The van der Waals surface area contributed by atoms with Crippen LogP contribution in [0.15, 0.2) is 60.7 Å². The molecule has 1 saturated heterocycles. The Hall–Kier alpha value is -2.64. The highest BCUT2D eigenvalue weighted by Crippen LogP contribution is 2.48. The highest BCUT2D eigenvalue weighted by atomic mass is 16.2. The zero-order chi connectivity index (χ0) is 15.7. The van der Waals surface area contributed by atoms with E-state index < -0.39 is 5.54 Å². The number of para-hydroxylation sites is 1. The van der Waals surface area contributed by atoms with Crippen LogP contribution in [-0.2, 0) is 4.79 Å². The van der Waals surface area contributed by atoms with E-state index in [0.717, 1.165) is 11.3 Å². The van der Waals surface area contributed by atoms with Crippen molar-refractivity contribution in [2.45, 2.75) is 11.6 Å². The zero-order valence-electron chi connectivity index (χ0n) is 12.6. The van der Waals surface area contributed by atoms with Gasteiger partial charge < -0.3 is 0 Å². The summed E-state index contributed by atoms with van der Waals surface area (Å²) in [5.74, 6) is -0.181. The van der Waals surface area contributed by atoms with Crippen LogP contribution in [0.2, 0.25) is 0 Å². The number of amides is 1. The minimum atomic E-state index is -1.16. The summed E-state index contributed by atoms with van der Waals surface area (Å²) in [6.45, 7) is 0. The number of benzene rings is 2. The molecule has 1 amide bonds. The summed E-state index contributed by atoms with van der Waals surface area (Å²) in [6.07, 6.45) is 0. The van der Waals surface area contributed by atoms with Gasteiger partial charge in [-0.05, 0) is 31.8 Å². The second-order valence-corrected chi connectivity index (χ2v) is 5.60. The summed E-state index contributed by atoms with van der Waals surface area (Å²) in [6, 6.07) is 21.1. The highest BCUT2D eigenvalue weighted by molar-refractivity contribution is 6.11. The van der Waals surface area contributed by atoms with Gasteiger partial charge in [0.25, 0.3) is 5.91 Å². The number of nitriles is 1. The summed E-state index contributed by atoms with van der Waals surface area (Å²) >= 11 is 0. The number of anilines is 1. The number of β-lactam (4-membered cyclic amide) rings is 1. The van der Waals surface area contributed by atoms with Gasteiger partial charge in [-0.3, -0.25) is 14.6 Å². The Morgan fingerprint density at radius 2 is 1.59 bits per heavy atom. The van der Waals surface area contributed by atoms with Gasteiger partial charge in [-0.25, -0.2) is 0 Å². The molecule has 22 heavy (non-hydrogen) atoms. The summed E-state index contributed by atoms with van der Waals surface area (Å²) in [4.78, 5) is 16.2. The monoisotopic (exact) mass is 291 g/mol. The first-order valence-corrected chi connectivity index (χ1v) is 7.15. The molecule has 1 fully saturated rings.